The predicted octanol–water partition coefficient (Wildman–Crippen LogP) is 1.62. The van der Waals surface area contributed by atoms with E-state index in [-0.39, 0.29) is 19.8 Å². The topological polar surface area (TPSA) is 72.9 Å². The zero-order valence-electron chi connectivity index (χ0n) is 12.9. The summed E-state index contributed by atoms with van der Waals surface area (Å²) in [5.74, 6) is -15.4. The number of nitrogens with zero attached hydrogens (tertiary/aromatic N) is 1. The molecule has 1 aliphatic rings. The van der Waals surface area contributed by atoms with Crippen molar-refractivity contribution in [2.24, 2.45) is 0 Å². The maximum Gasteiger partial charge on any atom is 0.313 e. The monoisotopic (exact) mass is 379 g/mol. The van der Waals surface area contributed by atoms with E-state index in [0.717, 1.165) is 17.1 Å². The summed E-state index contributed by atoms with van der Waals surface area (Å²) in [5, 5.41) is 0. The van der Waals surface area contributed by atoms with Gasteiger partial charge >= 0.3 is 5.97 Å². The third kappa shape index (κ3) is 4.04. The second kappa shape index (κ2) is 8.04. The summed E-state index contributed by atoms with van der Waals surface area (Å²) in [4.78, 5) is 34.8. The average molecular weight is 379 g/mol. The van der Waals surface area contributed by atoms with Crippen molar-refractivity contribution in [1.29, 1.82) is 0 Å². The highest BCUT2D eigenvalue weighted by Crippen LogP contribution is 2.29. The smallest absolute Gasteiger partial charge is 0.313 e. The molecule has 140 valence electrons. The summed E-state index contributed by atoms with van der Waals surface area (Å²) in [6.45, 7) is -0.551. The fraction of sp³-hybridized carbons (Fsp3) is 0.267. The molecule has 0 atom stereocenters. The van der Waals surface area contributed by atoms with Crippen molar-refractivity contribution >= 4 is 17.8 Å². The number of carbonyl (C=O) groups excluding carboxylic acids is 3. The first kappa shape index (κ1) is 19.5. The van der Waals surface area contributed by atoms with Gasteiger partial charge in [0, 0.05) is 12.2 Å². The fourth-order valence-corrected chi connectivity index (χ4v) is 1.90. The number of hydrogen-bond acceptors (Lipinski definition) is 5. The molecule has 0 unspecified atom stereocenters. The van der Waals surface area contributed by atoms with Gasteiger partial charge in [-0.3, -0.25) is 19.3 Å². The van der Waals surface area contributed by atoms with E-state index >= 15 is 0 Å². The first-order chi connectivity index (χ1) is 12.2. The van der Waals surface area contributed by atoms with Gasteiger partial charge in [-0.15, -0.1) is 0 Å². The van der Waals surface area contributed by atoms with Crippen LogP contribution in [0.25, 0.3) is 0 Å². The Bertz CT molecular complexity index is 748. The van der Waals surface area contributed by atoms with Gasteiger partial charge in [0.15, 0.2) is 0 Å². The fourth-order valence-electron chi connectivity index (χ4n) is 1.90. The molecule has 0 N–H and O–H groups in total. The van der Waals surface area contributed by atoms with Crippen LogP contribution in [-0.4, -0.2) is 42.4 Å². The van der Waals surface area contributed by atoms with Gasteiger partial charge in [0.25, 0.3) is 11.8 Å². The number of benzene rings is 1. The Labute approximate surface area is 142 Å². The third-order valence-corrected chi connectivity index (χ3v) is 3.20. The second-order valence-electron chi connectivity index (χ2n) is 4.90. The number of rotatable bonds is 7. The number of hydrogen-bond donors (Lipinski definition) is 0. The number of amides is 2. The van der Waals surface area contributed by atoms with Gasteiger partial charge in [-0.05, 0) is 0 Å². The van der Waals surface area contributed by atoms with Gasteiger partial charge in [0.2, 0.25) is 34.8 Å². The van der Waals surface area contributed by atoms with Crippen molar-refractivity contribution in [3.05, 3.63) is 41.2 Å². The molecule has 1 heterocycles. The van der Waals surface area contributed by atoms with Gasteiger partial charge < -0.3 is 9.47 Å². The highest BCUT2D eigenvalue weighted by Gasteiger charge is 2.28. The van der Waals surface area contributed by atoms with Crippen LogP contribution >= 0.6 is 0 Å². The van der Waals surface area contributed by atoms with Gasteiger partial charge in [-0.1, -0.05) is 0 Å². The summed E-state index contributed by atoms with van der Waals surface area (Å²) in [6.07, 6.45) is 1.58. The van der Waals surface area contributed by atoms with E-state index < -0.39 is 59.0 Å². The summed E-state index contributed by atoms with van der Waals surface area (Å²) in [6, 6.07) is 0. The molecule has 0 aromatic heterocycles. The molecule has 26 heavy (non-hydrogen) atoms. The molecule has 1 aromatic carbocycles. The largest absolute Gasteiger partial charge is 0.420 e. The zero-order chi connectivity index (χ0) is 19.4. The van der Waals surface area contributed by atoms with Crippen LogP contribution < -0.4 is 4.74 Å². The van der Waals surface area contributed by atoms with Crippen LogP contribution in [0.15, 0.2) is 12.2 Å². The molecule has 11 heteroatoms. The molecule has 2 amide bonds. The summed E-state index contributed by atoms with van der Waals surface area (Å²) < 4.78 is 74.6. The molecule has 0 saturated heterocycles. The van der Waals surface area contributed by atoms with Gasteiger partial charge in [-0.2, -0.15) is 8.78 Å². The van der Waals surface area contributed by atoms with Crippen molar-refractivity contribution in [1.82, 2.24) is 4.90 Å². The van der Waals surface area contributed by atoms with E-state index in [4.69, 9.17) is 4.74 Å². The van der Waals surface area contributed by atoms with Gasteiger partial charge in [0.05, 0.1) is 26.2 Å². The molecule has 0 spiro atoms. The molecular weight excluding hydrogens is 369 g/mol. The first-order valence-electron chi connectivity index (χ1n) is 7.07. The summed E-state index contributed by atoms with van der Waals surface area (Å²) in [5.41, 5.74) is 0. The Hall–Kier alpha value is -2.82. The first-order valence-corrected chi connectivity index (χ1v) is 7.07. The van der Waals surface area contributed by atoms with E-state index in [1.807, 2.05) is 0 Å². The summed E-state index contributed by atoms with van der Waals surface area (Å²) in [7, 11) is 0. The minimum absolute atomic E-state index is 0.0860. The predicted molar refractivity (Wildman–Crippen MR) is 73.2 cm³/mol. The molecular formula is C15H10F5NO5. The maximum atomic E-state index is 13.3. The minimum atomic E-state index is -2.37. The van der Waals surface area contributed by atoms with Crippen LogP contribution in [0.5, 0.6) is 5.75 Å². The third-order valence-electron chi connectivity index (χ3n) is 3.20. The maximum absolute atomic E-state index is 13.3. The lowest BCUT2D eigenvalue weighted by atomic mass is 10.2. The van der Waals surface area contributed by atoms with Crippen LogP contribution in [-0.2, 0) is 19.1 Å². The molecule has 1 aliphatic heterocycles. The SMILES string of the molecule is O=C(CCOCCN1C(=O)C=CC1=O)Oc1c(F)c(F)c(F)c(F)c1F. The van der Waals surface area contributed by atoms with Crippen LogP contribution in [0, 0.1) is 29.1 Å². The van der Waals surface area contributed by atoms with Crippen molar-refractivity contribution < 1.29 is 45.8 Å². The molecule has 2 rings (SSSR count). The Morgan fingerprint density at radius 3 is 1.88 bits per heavy atom. The zero-order valence-corrected chi connectivity index (χ0v) is 12.9. The van der Waals surface area contributed by atoms with Crippen molar-refractivity contribution in [3.8, 4) is 5.75 Å². The van der Waals surface area contributed by atoms with Crippen molar-refractivity contribution in [3.63, 3.8) is 0 Å². The molecule has 0 saturated carbocycles. The Balaban J connectivity index is 1.81. The number of esters is 1. The number of halogens is 5. The minimum Gasteiger partial charge on any atom is -0.420 e. The Kier molecular flexibility index (Phi) is 6.03. The van der Waals surface area contributed by atoms with E-state index in [1.54, 1.807) is 0 Å². The molecule has 6 nitrogen and oxygen atoms in total. The lowest BCUT2D eigenvalue weighted by Gasteiger charge is -2.13. The van der Waals surface area contributed by atoms with E-state index in [1.165, 1.54) is 0 Å². The van der Waals surface area contributed by atoms with Crippen LogP contribution in [0.1, 0.15) is 6.42 Å². The molecule has 0 radical (unpaired) electrons. The standard InChI is InChI=1S/C15H10F5NO5/c16-10-11(17)13(19)15(14(20)12(10)18)26-9(24)3-5-25-6-4-21-7(22)1-2-8(21)23/h1-2H,3-6H2. The summed E-state index contributed by atoms with van der Waals surface area (Å²) >= 11 is 0. The van der Waals surface area contributed by atoms with E-state index in [2.05, 4.69) is 4.74 Å². The average Bonchev–Trinajstić information content (AvgIpc) is 2.93. The van der Waals surface area contributed by atoms with Crippen LogP contribution in [0.4, 0.5) is 22.0 Å². The lowest BCUT2D eigenvalue weighted by molar-refractivity contribution is -0.139. The molecule has 1 aromatic rings. The van der Waals surface area contributed by atoms with Crippen LogP contribution in [0.2, 0.25) is 0 Å². The van der Waals surface area contributed by atoms with E-state index in [0.29, 0.717) is 0 Å². The van der Waals surface area contributed by atoms with Gasteiger partial charge in [0.1, 0.15) is 0 Å². The second-order valence-corrected chi connectivity index (χ2v) is 4.90. The van der Waals surface area contributed by atoms with Crippen LogP contribution in [0.3, 0.4) is 0 Å². The highest BCUT2D eigenvalue weighted by atomic mass is 19.2. The normalized spacial score (nSPS) is 13.7. The van der Waals surface area contributed by atoms with Gasteiger partial charge in [-0.25, -0.2) is 13.2 Å². The molecule has 0 bridgehead atoms. The highest BCUT2D eigenvalue weighted by molar-refractivity contribution is 6.12. The number of imide groups is 1. The van der Waals surface area contributed by atoms with E-state index in [9.17, 15) is 36.3 Å². The quantitative estimate of drug-likeness (QED) is 0.137. The number of ether oxygens (including phenoxy) is 2. The van der Waals surface area contributed by atoms with Crippen molar-refractivity contribution in [2.45, 2.75) is 6.42 Å². The molecule has 0 fully saturated rings. The Morgan fingerprint density at radius 1 is 0.846 bits per heavy atom. The molecule has 0 aliphatic carbocycles. The Morgan fingerprint density at radius 2 is 1.35 bits per heavy atom. The van der Waals surface area contributed by atoms with Crippen molar-refractivity contribution in [2.75, 3.05) is 19.8 Å². The number of carbonyl (C=O) groups is 3. The lowest BCUT2D eigenvalue weighted by Crippen LogP contribution is -2.33.